The number of ether oxygens (including phenoxy) is 1. The van der Waals surface area contributed by atoms with Crippen LogP contribution < -0.4 is 11.1 Å². The van der Waals surface area contributed by atoms with Gasteiger partial charge in [-0.3, -0.25) is 4.79 Å². The van der Waals surface area contributed by atoms with E-state index in [9.17, 15) is 9.59 Å². The number of thiophene rings is 1. The van der Waals surface area contributed by atoms with E-state index in [4.69, 9.17) is 10.5 Å². The Morgan fingerprint density at radius 1 is 1.33 bits per heavy atom. The second-order valence-corrected chi connectivity index (χ2v) is 6.45. The molecule has 0 saturated carbocycles. The van der Waals surface area contributed by atoms with E-state index < -0.39 is 5.97 Å². The lowest BCUT2D eigenvalue weighted by Gasteiger charge is -2.06. The summed E-state index contributed by atoms with van der Waals surface area (Å²) >= 11 is 1.13. The van der Waals surface area contributed by atoms with E-state index in [1.807, 2.05) is 32.0 Å². The van der Waals surface area contributed by atoms with Gasteiger partial charge < -0.3 is 15.8 Å². The molecule has 1 aromatic carbocycles. The summed E-state index contributed by atoms with van der Waals surface area (Å²) in [5, 5.41) is 2.73. The predicted octanol–water partition coefficient (Wildman–Crippen LogP) is 2.95. The van der Waals surface area contributed by atoms with Crippen molar-refractivity contribution in [3.05, 3.63) is 44.6 Å². The van der Waals surface area contributed by atoms with Crippen LogP contribution in [0.3, 0.4) is 0 Å². The molecule has 0 saturated heterocycles. The van der Waals surface area contributed by atoms with Gasteiger partial charge in [0.2, 0.25) is 0 Å². The molecule has 1 amide bonds. The number of benzene rings is 1. The average molecular weight is 343 g/mol. The number of para-hydroxylation sites is 1. The van der Waals surface area contributed by atoms with Crippen molar-refractivity contribution in [1.29, 1.82) is 0 Å². The van der Waals surface area contributed by atoms with Crippen molar-refractivity contribution >= 4 is 40.4 Å². The van der Waals surface area contributed by atoms with Gasteiger partial charge in [0, 0.05) is 0 Å². The van der Waals surface area contributed by atoms with Crippen LogP contribution in [0.15, 0.2) is 23.2 Å². The Kier molecular flexibility index (Phi) is 4.11. The van der Waals surface area contributed by atoms with Gasteiger partial charge in [0.25, 0.3) is 5.91 Å². The average Bonchev–Trinajstić information content (AvgIpc) is 3.02. The first kappa shape index (κ1) is 16.2. The fraction of sp³-hybridized carbons (Fsp3) is 0.235. The Morgan fingerprint density at radius 3 is 2.62 bits per heavy atom. The molecule has 0 aliphatic carbocycles. The van der Waals surface area contributed by atoms with Gasteiger partial charge >= 0.3 is 5.97 Å². The molecular weight excluding hydrogens is 326 g/mol. The number of hydrogen-bond acceptors (Lipinski definition) is 6. The lowest BCUT2D eigenvalue weighted by atomic mass is 10.1. The van der Waals surface area contributed by atoms with Crippen LogP contribution >= 0.6 is 11.3 Å². The first-order chi connectivity index (χ1) is 11.4. The van der Waals surface area contributed by atoms with Crippen molar-refractivity contribution in [2.75, 3.05) is 12.3 Å². The highest BCUT2D eigenvalue weighted by atomic mass is 32.1. The number of fused-ring (bicyclic) bond motifs is 1. The Balaban J connectivity index is 2.11. The number of nitrogen functional groups attached to an aromatic ring is 1. The molecule has 0 atom stereocenters. The fourth-order valence-electron chi connectivity index (χ4n) is 2.58. The van der Waals surface area contributed by atoms with Crippen LogP contribution in [-0.4, -0.2) is 24.3 Å². The molecule has 3 rings (SSSR count). The minimum absolute atomic E-state index is 0.151. The number of nitrogens with zero attached hydrogens (tertiary/aromatic N) is 1. The Bertz CT molecular complexity index is 863. The number of amidine groups is 1. The molecule has 0 unspecified atom stereocenters. The van der Waals surface area contributed by atoms with Crippen LogP contribution in [0.1, 0.15) is 43.0 Å². The van der Waals surface area contributed by atoms with Gasteiger partial charge in [-0.25, -0.2) is 9.79 Å². The molecule has 7 heteroatoms. The maximum Gasteiger partial charge on any atom is 0.350 e. The van der Waals surface area contributed by atoms with E-state index in [1.54, 1.807) is 6.92 Å². The summed E-state index contributed by atoms with van der Waals surface area (Å²) in [6, 6.07) is 5.86. The maximum absolute atomic E-state index is 12.2. The zero-order valence-electron chi connectivity index (χ0n) is 13.6. The van der Waals surface area contributed by atoms with Crippen LogP contribution in [0.2, 0.25) is 0 Å². The number of hydrogen-bond donors (Lipinski definition) is 2. The van der Waals surface area contributed by atoms with E-state index in [1.165, 1.54) is 0 Å². The molecule has 2 aromatic rings. The van der Waals surface area contributed by atoms with Gasteiger partial charge in [-0.05, 0) is 31.9 Å². The molecular formula is C17H17N3O3S. The topological polar surface area (TPSA) is 93.8 Å². The highest BCUT2D eigenvalue weighted by Crippen LogP contribution is 2.36. The smallest absolute Gasteiger partial charge is 0.350 e. The summed E-state index contributed by atoms with van der Waals surface area (Å²) in [6.45, 7) is 5.88. The van der Waals surface area contributed by atoms with Crippen molar-refractivity contribution in [1.82, 2.24) is 5.32 Å². The summed E-state index contributed by atoms with van der Waals surface area (Å²) in [4.78, 5) is 29.6. The molecule has 1 aliphatic rings. The van der Waals surface area contributed by atoms with E-state index in [0.717, 1.165) is 28.2 Å². The molecule has 24 heavy (non-hydrogen) atoms. The highest BCUT2D eigenvalue weighted by Gasteiger charge is 2.34. The summed E-state index contributed by atoms with van der Waals surface area (Å²) in [5.41, 5.74) is 9.23. The molecule has 0 bridgehead atoms. The predicted molar refractivity (Wildman–Crippen MR) is 94.3 cm³/mol. The largest absolute Gasteiger partial charge is 0.462 e. The quantitative estimate of drug-likeness (QED) is 0.838. The number of aliphatic imine (C=N–C) groups is 1. The summed E-state index contributed by atoms with van der Waals surface area (Å²) in [6.07, 6.45) is 0. The number of rotatable bonds is 3. The van der Waals surface area contributed by atoms with Crippen LogP contribution in [-0.2, 0) is 4.74 Å². The molecule has 0 fully saturated rings. The Morgan fingerprint density at radius 2 is 2.00 bits per heavy atom. The number of esters is 1. The number of nitrogens with two attached hydrogens (primary N) is 1. The lowest BCUT2D eigenvalue weighted by Crippen LogP contribution is -2.22. The van der Waals surface area contributed by atoms with Crippen LogP contribution in [0.5, 0.6) is 0 Å². The molecule has 6 nitrogen and oxygen atoms in total. The molecule has 3 N–H and O–H groups in total. The number of aryl methyl sites for hydroxylation is 2. The summed E-state index contributed by atoms with van der Waals surface area (Å²) < 4.78 is 4.99. The first-order valence-corrected chi connectivity index (χ1v) is 8.31. The number of anilines is 1. The second-order valence-electron chi connectivity index (χ2n) is 5.42. The van der Waals surface area contributed by atoms with Crippen molar-refractivity contribution in [3.63, 3.8) is 0 Å². The molecule has 1 aromatic heterocycles. The molecule has 0 radical (unpaired) electrons. The highest BCUT2D eigenvalue weighted by molar-refractivity contribution is 7.17. The third-order valence-electron chi connectivity index (χ3n) is 3.74. The minimum atomic E-state index is -0.520. The minimum Gasteiger partial charge on any atom is -0.462 e. The summed E-state index contributed by atoms with van der Waals surface area (Å²) in [5.74, 6) is -0.451. The molecule has 2 heterocycles. The number of carbonyl (C=O) groups excluding carboxylic acids is 2. The SMILES string of the molecule is CCOC(=O)c1sc2c(c1N)C(=O)NC2=Nc1c(C)cccc1C. The number of amides is 1. The Labute approximate surface area is 143 Å². The maximum atomic E-state index is 12.2. The zero-order chi connectivity index (χ0) is 17.4. The summed E-state index contributed by atoms with van der Waals surface area (Å²) in [7, 11) is 0. The Hall–Kier alpha value is -2.67. The first-order valence-electron chi connectivity index (χ1n) is 7.50. The van der Waals surface area contributed by atoms with Gasteiger partial charge in [-0.1, -0.05) is 18.2 Å². The van der Waals surface area contributed by atoms with Gasteiger partial charge in [0.1, 0.15) is 4.88 Å². The monoisotopic (exact) mass is 343 g/mol. The van der Waals surface area contributed by atoms with Gasteiger partial charge in [-0.15, -0.1) is 11.3 Å². The van der Waals surface area contributed by atoms with E-state index in [-0.39, 0.29) is 23.1 Å². The van der Waals surface area contributed by atoms with Gasteiger partial charge in [0.15, 0.2) is 5.84 Å². The van der Waals surface area contributed by atoms with Crippen molar-refractivity contribution in [2.24, 2.45) is 4.99 Å². The second kappa shape index (κ2) is 6.09. The van der Waals surface area contributed by atoms with Crippen LogP contribution in [0, 0.1) is 13.8 Å². The number of carbonyl (C=O) groups is 2. The van der Waals surface area contributed by atoms with Crippen molar-refractivity contribution in [3.8, 4) is 0 Å². The van der Waals surface area contributed by atoms with Crippen molar-refractivity contribution < 1.29 is 14.3 Å². The fourth-order valence-corrected chi connectivity index (χ4v) is 3.64. The van der Waals surface area contributed by atoms with Gasteiger partial charge in [0.05, 0.1) is 28.4 Å². The molecule has 1 aliphatic heterocycles. The van der Waals surface area contributed by atoms with E-state index in [0.29, 0.717) is 16.3 Å². The van der Waals surface area contributed by atoms with E-state index >= 15 is 0 Å². The zero-order valence-corrected chi connectivity index (χ0v) is 14.4. The third-order valence-corrected chi connectivity index (χ3v) is 4.94. The van der Waals surface area contributed by atoms with E-state index in [2.05, 4.69) is 10.3 Å². The van der Waals surface area contributed by atoms with Crippen LogP contribution in [0.25, 0.3) is 0 Å². The van der Waals surface area contributed by atoms with Gasteiger partial charge in [-0.2, -0.15) is 0 Å². The normalized spacial score (nSPS) is 14.6. The third kappa shape index (κ3) is 2.56. The standard InChI is InChI=1S/C17H17N3O3S/c1-4-23-17(22)14-11(18)10-13(24-14)15(20-16(10)21)19-12-8(2)6-5-7-9(12)3/h5-7H,4,18H2,1-3H3,(H,19,20,21). The van der Waals surface area contributed by atoms with Crippen molar-refractivity contribution in [2.45, 2.75) is 20.8 Å². The lowest BCUT2D eigenvalue weighted by molar-refractivity contribution is 0.0533. The number of nitrogens with one attached hydrogen (secondary N) is 1. The molecule has 0 spiro atoms. The van der Waals surface area contributed by atoms with Crippen LogP contribution in [0.4, 0.5) is 11.4 Å². The molecule has 124 valence electrons.